The zero-order valence-corrected chi connectivity index (χ0v) is 12.1. The van der Waals surface area contributed by atoms with Crippen LogP contribution >= 0.6 is 0 Å². The molecule has 1 nitrogen and oxygen atoms in total. The van der Waals surface area contributed by atoms with E-state index in [1.165, 1.54) is 16.7 Å². The number of hydrogen-bond acceptors (Lipinski definition) is 1. The predicted octanol–water partition coefficient (Wildman–Crippen LogP) is 4.23. The maximum atomic E-state index is 2.31. The maximum Gasteiger partial charge on any atom is 0.0345 e. The fraction of sp³-hybridized carbons (Fsp3) is 0.333. The van der Waals surface area contributed by atoms with Crippen molar-refractivity contribution in [3.63, 3.8) is 0 Å². The zero-order valence-electron chi connectivity index (χ0n) is 12.1. The first-order chi connectivity index (χ1) is 9.16. The fourth-order valence-electron chi connectivity index (χ4n) is 2.46. The normalized spacial score (nSPS) is 12.6. The summed E-state index contributed by atoms with van der Waals surface area (Å²) in [6.45, 7) is 2.14. The number of nitrogens with zero attached hydrogens (tertiary/aromatic N) is 1. The molecule has 0 aromatic heterocycles. The second-order valence-electron chi connectivity index (χ2n) is 5.41. The van der Waals surface area contributed by atoms with E-state index in [0.717, 1.165) is 12.8 Å². The molecule has 1 unspecified atom stereocenters. The quantitative estimate of drug-likeness (QED) is 0.770. The van der Waals surface area contributed by atoms with Gasteiger partial charge in [0.1, 0.15) is 0 Å². The Morgan fingerprint density at radius 2 is 1.53 bits per heavy atom. The first-order valence-electron chi connectivity index (χ1n) is 6.94. The third kappa shape index (κ3) is 3.93. The van der Waals surface area contributed by atoms with Crippen LogP contribution in [0.5, 0.6) is 0 Å². The monoisotopic (exact) mass is 253 g/mol. The van der Waals surface area contributed by atoms with E-state index in [2.05, 4.69) is 80.5 Å². The van der Waals surface area contributed by atoms with E-state index < -0.39 is 0 Å². The average Bonchev–Trinajstić information content (AvgIpc) is 2.42. The fourth-order valence-corrected chi connectivity index (χ4v) is 2.46. The lowest BCUT2D eigenvalue weighted by molar-refractivity contribution is 0.284. The Labute approximate surface area is 116 Å². The molecule has 0 aliphatic carbocycles. The maximum absolute atomic E-state index is 2.31. The van der Waals surface area contributed by atoms with Crippen LogP contribution in [-0.2, 0) is 6.42 Å². The van der Waals surface area contributed by atoms with E-state index in [4.69, 9.17) is 0 Å². The highest BCUT2D eigenvalue weighted by Gasteiger charge is 2.13. The van der Waals surface area contributed by atoms with Gasteiger partial charge in [0.15, 0.2) is 0 Å². The lowest BCUT2D eigenvalue weighted by Crippen LogP contribution is -2.20. The molecule has 0 bridgehead atoms. The highest BCUT2D eigenvalue weighted by atomic mass is 15.1. The van der Waals surface area contributed by atoms with E-state index in [0.29, 0.717) is 6.04 Å². The highest BCUT2D eigenvalue weighted by Crippen LogP contribution is 2.24. The zero-order chi connectivity index (χ0) is 13.7. The van der Waals surface area contributed by atoms with Crippen molar-refractivity contribution in [2.24, 2.45) is 0 Å². The lowest BCUT2D eigenvalue weighted by atomic mass is 9.97. The molecular weight excluding hydrogens is 230 g/mol. The van der Waals surface area contributed by atoms with Crippen molar-refractivity contribution in [1.29, 1.82) is 0 Å². The molecule has 0 N–H and O–H groups in total. The Balaban J connectivity index is 2.06. The molecule has 2 aromatic rings. The summed E-state index contributed by atoms with van der Waals surface area (Å²) in [5.41, 5.74) is 4.15. The van der Waals surface area contributed by atoms with E-state index in [1.54, 1.807) is 0 Å². The molecule has 19 heavy (non-hydrogen) atoms. The van der Waals surface area contributed by atoms with Crippen LogP contribution in [0.25, 0.3) is 0 Å². The smallest absolute Gasteiger partial charge is 0.0345 e. The van der Waals surface area contributed by atoms with Crippen molar-refractivity contribution < 1.29 is 0 Å². The Bertz CT molecular complexity index is 485. The molecule has 0 amide bonds. The summed E-state index contributed by atoms with van der Waals surface area (Å²) >= 11 is 0. The van der Waals surface area contributed by atoms with Crippen LogP contribution in [0.4, 0.5) is 0 Å². The molecule has 100 valence electrons. The van der Waals surface area contributed by atoms with Crippen molar-refractivity contribution in [2.75, 3.05) is 14.1 Å². The van der Waals surface area contributed by atoms with Crippen LogP contribution in [0.1, 0.15) is 29.2 Å². The van der Waals surface area contributed by atoms with Crippen LogP contribution in [0.15, 0.2) is 54.6 Å². The predicted molar refractivity (Wildman–Crippen MR) is 82.4 cm³/mol. The number of benzene rings is 2. The number of hydrogen-bond donors (Lipinski definition) is 0. The van der Waals surface area contributed by atoms with Crippen LogP contribution in [0.2, 0.25) is 0 Å². The molecule has 0 heterocycles. The van der Waals surface area contributed by atoms with Gasteiger partial charge in [0.2, 0.25) is 0 Å². The molecule has 2 aromatic carbocycles. The van der Waals surface area contributed by atoms with Gasteiger partial charge in [-0.2, -0.15) is 0 Å². The molecule has 2 rings (SSSR count). The minimum atomic E-state index is 0.487. The molecule has 0 saturated carbocycles. The van der Waals surface area contributed by atoms with Crippen molar-refractivity contribution in [3.8, 4) is 0 Å². The van der Waals surface area contributed by atoms with Gasteiger partial charge in [-0.3, -0.25) is 0 Å². The SMILES string of the molecule is Cc1ccc(C(CCc2ccccc2)N(C)C)cc1. The molecule has 0 spiro atoms. The third-order valence-electron chi connectivity index (χ3n) is 3.63. The minimum absolute atomic E-state index is 0.487. The summed E-state index contributed by atoms with van der Waals surface area (Å²) in [5.74, 6) is 0. The van der Waals surface area contributed by atoms with Crippen molar-refractivity contribution in [2.45, 2.75) is 25.8 Å². The molecule has 1 heteroatoms. The second-order valence-corrected chi connectivity index (χ2v) is 5.41. The van der Waals surface area contributed by atoms with Crippen molar-refractivity contribution in [3.05, 3.63) is 71.3 Å². The molecule has 0 radical (unpaired) electrons. The van der Waals surface area contributed by atoms with Gasteiger partial charge in [0.05, 0.1) is 0 Å². The Kier molecular flexibility index (Phi) is 4.75. The first kappa shape index (κ1) is 13.8. The van der Waals surface area contributed by atoms with Gasteiger partial charge < -0.3 is 4.90 Å². The van der Waals surface area contributed by atoms with Crippen molar-refractivity contribution >= 4 is 0 Å². The summed E-state index contributed by atoms with van der Waals surface area (Å²) in [6.07, 6.45) is 2.28. The Hall–Kier alpha value is -1.60. The van der Waals surface area contributed by atoms with Crippen LogP contribution in [0.3, 0.4) is 0 Å². The van der Waals surface area contributed by atoms with E-state index in [1.807, 2.05) is 0 Å². The van der Waals surface area contributed by atoms with Gasteiger partial charge in [-0.05, 0) is 45.0 Å². The topological polar surface area (TPSA) is 3.24 Å². The second kappa shape index (κ2) is 6.53. The summed E-state index contributed by atoms with van der Waals surface area (Å²) in [5, 5.41) is 0. The van der Waals surface area contributed by atoms with Gasteiger partial charge in [-0.1, -0.05) is 60.2 Å². The lowest BCUT2D eigenvalue weighted by Gasteiger charge is -2.25. The van der Waals surface area contributed by atoms with Crippen LogP contribution in [-0.4, -0.2) is 19.0 Å². The van der Waals surface area contributed by atoms with Gasteiger partial charge >= 0.3 is 0 Å². The number of rotatable bonds is 5. The molecule has 0 saturated heterocycles. The van der Waals surface area contributed by atoms with Crippen molar-refractivity contribution in [1.82, 2.24) is 4.90 Å². The molecule has 0 fully saturated rings. The van der Waals surface area contributed by atoms with Gasteiger partial charge in [0.25, 0.3) is 0 Å². The largest absolute Gasteiger partial charge is 0.302 e. The average molecular weight is 253 g/mol. The van der Waals surface area contributed by atoms with Gasteiger partial charge in [0, 0.05) is 6.04 Å². The standard InChI is InChI=1S/C18H23N/c1-15-9-12-17(13-10-15)18(19(2)3)14-11-16-7-5-4-6-8-16/h4-10,12-13,18H,11,14H2,1-3H3. The van der Waals surface area contributed by atoms with E-state index >= 15 is 0 Å². The minimum Gasteiger partial charge on any atom is -0.302 e. The molecule has 1 atom stereocenters. The van der Waals surface area contributed by atoms with Crippen LogP contribution < -0.4 is 0 Å². The summed E-state index contributed by atoms with van der Waals surface area (Å²) in [7, 11) is 4.32. The van der Waals surface area contributed by atoms with E-state index in [-0.39, 0.29) is 0 Å². The molecular formula is C18H23N. The van der Waals surface area contributed by atoms with Gasteiger partial charge in [-0.25, -0.2) is 0 Å². The first-order valence-corrected chi connectivity index (χ1v) is 6.94. The summed E-state index contributed by atoms with van der Waals surface area (Å²) in [6, 6.07) is 20.1. The van der Waals surface area contributed by atoms with E-state index in [9.17, 15) is 0 Å². The highest BCUT2D eigenvalue weighted by molar-refractivity contribution is 5.24. The summed E-state index contributed by atoms with van der Waals surface area (Å²) in [4.78, 5) is 2.31. The number of aryl methyl sites for hydroxylation is 2. The summed E-state index contributed by atoms with van der Waals surface area (Å²) < 4.78 is 0. The Morgan fingerprint density at radius 1 is 0.895 bits per heavy atom. The molecule has 0 aliphatic rings. The van der Waals surface area contributed by atoms with Gasteiger partial charge in [-0.15, -0.1) is 0 Å². The Morgan fingerprint density at radius 3 is 2.11 bits per heavy atom. The third-order valence-corrected chi connectivity index (χ3v) is 3.63. The van der Waals surface area contributed by atoms with Crippen LogP contribution in [0, 0.1) is 6.92 Å². The molecule has 0 aliphatic heterocycles.